The van der Waals surface area contributed by atoms with Gasteiger partial charge in [-0.25, -0.2) is 0 Å². The van der Waals surface area contributed by atoms with Crippen molar-refractivity contribution in [2.45, 2.75) is 0 Å². The van der Waals surface area contributed by atoms with Crippen molar-refractivity contribution in [3.05, 3.63) is 81.1 Å². The SMILES string of the molecule is N#Cc1nnc(-c2cc3ccccc3[nH]2)oc2c3ccccc3c(=O)c1=2. The molecule has 2 heterocycles. The Morgan fingerprint density at radius 1 is 1.00 bits per heavy atom. The first kappa shape index (κ1) is 14.4. The molecular weight excluding hydrogens is 328 g/mol. The summed E-state index contributed by atoms with van der Waals surface area (Å²) in [5, 5.41) is 19.8. The maximum Gasteiger partial charge on any atom is 0.262 e. The van der Waals surface area contributed by atoms with Gasteiger partial charge in [-0.1, -0.05) is 42.5 Å². The molecule has 1 N–H and O–H groups in total. The van der Waals surface area contributed by atoms with Gasteiger partial charge in [-0.15, -0.1) is 10.2 Å². The molecular formula is C20H10N4O2. The molecule has 3 aromatic rings. The zero-order valence-corrected chi connectivity index (χ0v) is 13.4. The second kappa shape index (κ2) is 5.26. The summed E-state index contributed by atoms with van der Waals surface area (Å²) in [6.45, 7) is 0. The minimum atomic E-state index is -0.274. The predicted octanol–water partition coefficient (Wildman–Crippen LogP) is 3.33. The Morgan fingerprint density at radius 2 is 1.77 bits per heavy atom. The number of aromatic amines is 1. The average Bonchev–Trinajstić information content (AvgIpc) is 3.15. The molecule has 2 aliphatic rings. The predicted molar refractivity (Wildman–Crippen MR) is 95.4 cm³/mol. The van der Waals surface area contributed by atoms with E-state index in [1.165, 1.54) is 0 Å². The summed E-state index contributed by atoms with van der Waals surface area (Å²) in [5.41, 5.74) is 1.55. The van der Waals surface area contributed by atoms with Crippen molar-refractivity contribution in [2.75, 3.05) is 0 Å². The van der Waals surface area contributed by atoms with Gasteiger partial charge < -0.3 is 9.40 Å². The van der Waals surface area contributed by atoms with Crippen LogP contribution < -0.4 is 5.43 Å². The lowest BCUT2D eigenvalue weighted by molar-refractivity contribution is 0.525. The molecule has 0 atom stereocenters. The fraction of sp³-hybridized carbons (Fsp3) is 0. The van der Waals surface area contributed by atoms with E-state index in [1.54, 1.807) is 18.2 Å². The highest BCUT2D eigenvalue weighted by Crippen LogP contribution is 2.24. The van der Waals surface area contributed by atoms with Crippen molar-refractivity contribution < 1.29 is 4.42 Å². The number of nitrogens with one attached hydrogen (secondary N) is 1. The maximum absolute atomic E-state index is 12.7. The Balaban J connectivity index is 1.94. The van der Waals surface area contributed by atoms with E-state index in [2.05, 4.69) is 15.2 Å². The van der Waals surface area contributed by atoms with Crippen molar-refractivity contribution in [3.63, 3.8) is 0 Å². The third-order valence-electron chi connectivity index (χ3n) is 4.41. The van der Waals surface area contributed by atoms with Gasteiger partial charge in [0.2, 0.25) is 5.43 Å². The van der Waals surface area contributed by atoms with Crippen molar-refractivity contribution >= 4 is 21.7 Å². The highest BCUT2D eigenvalue weighted by molar-refractivity contribution is 5.85. The number of fused-ring (bicyclic) bond motifs is 3. The zero-order valence-electron chi connectivity index (χ0n) is 13.4. The van der Waals surface area contributed by atoms with E-state index in [1.807, 2.05) is 42.5 Å². The van der Waals surface area contributed by atoms with Crippen LogP contribution in [0.2, 0.25) is 0 Å². The van der Waals surface area contributed by atoms with E-state index in [4.69, 9.17) is 4.42 Å². The third kappa shape index (κ3) is 1.95. The van der Waals surface area contributed by atoms with Crippen LogP contribution in [0.3, 0.4) is 0 Å². The summed E-state index contributed by atoms with van der Waals surface area (Å²) >= 11 is 0. The monoisotopic (exact) mass is 338 g/mol. The first-order chi connectivity index (χ1) is 12.8. The van der Waals surface area contributed by atoms with Crippen LogP contribution in [-0.4, -0.2) is 15.2 Å². The summed E-state index contributed by atoms with van der Waals surface area (Å²) in [6, 6.07) is 18.7. The lowest BCUT2D eigenvalue weighted by atomic mass is 10.2. The van der Waals surface area contributed by atoms with Gasteiger partial charge in [0.15, 0.2) is 11.1 Å². The number of aromatic nitrogens is 3. The van der Waals surface area contributed by atoms with Crippen LogP contribution in [0.15, 0.2) is 63.8 Å². The Labute approximate surface area is 146 Å². The fourth-order valence-corrected chi connectivity index (χ4v) is 3.21. The molecule has 1 aliphatic carbocycles. The Hall–Kier alpha value is -3.98. The molecule has 0 radical (unpaired) electrons. The molecule has 0 saturated carbocycles. The topological polar surface area (TPSA) is 95.6 Å². The molecule has 26 heavy (non-hydrogen) atoms. The number of nitriles is 1. The van der Waals surface area contributed by atoms with Gasteiger partial charge in [-0.3, -0.25) is 4.79 Å². The molecule has 0 amide bonds. The number of benzene rings is 2. The quantitative estimate of drug-likeness (QED) is 0.506. The van der Waals surface area contributed by atoms with Crippen LogP contribution in [0.5, 0.6) is 0 Å². The highest BCUT2D eigenvalue weighted by atomic mass is 16.3. The van der Waals surface area contributed by atoms with Crippen LogP contribution in [0.25, 0.3) is 33.3 Å². The van der Waals surface area contributed by atoms with Crippen LogP contribution in [0.1, 0.15) is 5.69 Å². The van der Waals surface area contributed by atoms with Gasteiger partial charge in [0.1, 0.15) is 17.0 Å². The van der Waals surface area contributed by atoms with Crippen molar-refractivity contribution in [1.82, 2.24) is 15.2 Å². The molecule has 6 heteroatoms. The maximum atomic E-state index is 12.7. The molecule has 2 aromatic carbocycles. The smallest absolute Gasteiger partial charge is 0.262 e. The normalized spacial score (nSPS) is 11.2. The second-order valence-electron chi connectivity index (χ2n) is 5.92. The third-order valence-corrected chi connectivity index (χ3v) is 4.41. The second-order valence-corrected chi connectivity index (χ2v) is 5.92. The first-order valence-corrected chi connectivity index (χ1v) is 7.97. The number of hydrogen-bond donors (Lipinski definition) is 1. The first-order valence-electron chi connectivity index (χ1n) is 7.97. The van der Waals surface area contributed by atoms with Crippen molar-refractivity contribution in [3.8, 4) is 17.7 Å². The van der Waals surface area contributed by atoms with Gasteiger partial charge in [0, 0.05) is 21.7 Å². The van der Waals surface area contributed by atoms with E-state index >= 15 is 0 Å². The highest BCUT2D eigenvalue weighted by Gasteiger charge is 2.15. The Bertz CT molecular complexity index is 1440. The summed E-state index contributed by atoms with van der Waals surface area (Å²) in [4.78, 5) is 15.9. The van der Waals surface area contributed by atoms with E-state index in [0.717, 1.165) is 10.9 Å². The minimum absolute atomic E-state index is 0.0488. The number of nitrogens with zero attached hydrogens (tertiary/aromatic N) is 3. The summed E-state index contributed by atoms with van der Waals surface area (Å²) in [7, 11) is 0. The molecule has 0 saturated heterocycles. The van der Waals surface area contributed by atoms with Crippen molar-refractivity contribution in [1.29, 1.82) is 5.26 Å². The van der Waals surface area contributed by atoms with Crippen LogP contribution in [-0.2, 0) is 0 Å². The number of H-pyrrole nitrogens is 1. The lowest BCUT2D eigenvalue weighted by Gasteiger charge is -1.91. The summed E-state index contributed by atoms with van der Waals surface area (Å²) in [5.74, 6) is 0.212. The van der Waals surface area contributed by atoms with Crippen LogP contribution in [0, 0.1) is 22.0 Å². The molecule has 0 bridgehead atoms. The van der Waals surface area contributed by atoms with E-state index in [0.29, 0.717) is 21.9 Å². The average molecular weight is 338 g/mol. The fourth-order valence-electron chi connectivity index (χ4n) is 3.21. The van der Waals surface area contributed by atoms with Crippen molar-refractivity contribution in [2.24, 2.45) is 0 Å². The van der Waals surface area contributed by atoms with E-state index < -0.39 is 0 Å². The Kier molecular flexibility index (Phi) is 2.91. The zero-order chi connectivity index (χ0) is 17.7. The van der Waals surface area contributed by atoms with E-state index in [9.17, 15) is 10.1 Å². The Morgan fingerprint density at radius 3 is 2.58 bits per heavy atom. The standard InChI is InChI=1S/C20H10N4O2/c21-10-16-17-18(25)12-6-2-3-7-13(12)19(17)26-20(24-23-16)15-9-11-5-1-4-8-14(11)22-15/h1-9,22H. The summed E-state index contributed by atoms with van der Waals surface area (Å²) < 4.78 is 5.99. The molecule has 6 nitrogen and oxygen atoms in total. The van der Waals surface area contributed by atoms with Crippen LogP contribution in [0.4, 0.5) is 0 Å². The van der Waals surface area contributed by atoms with Gasteiger partial charge in [0.05, 0.1) is 0 Å². The largest absolute Gasteiger partial charge is 0.434 e. The van der Waals surface area contributed by atoms with Crippen LogP contribution >= 0.6 is 0 Å². The molecule has 1 aromatic heterocycles. The molecule has 122 valence electrons. The van der Waals surface area contributed by atoms with Gasteiger partial charge in [-0.05, 0) is 12.1 Å². The molecule has 0 unspecified atom stereocenters. The molecule has 5 rings (SSSR count). The molecule has 1 aliphatic heterocycles. The van der Waals surface area contributed by atoms with Gasteiger partial charge in [-0.2, -0.15) is 5.26 Å². The number of rotatable bonds is 1. The minimum Gasteiger partial charge on any atom is -0.434 e. The number of hydrogen-bond acceptors (Lipinski definition) is 5. The molecule has 0 fully saturated rings. The van der Waals surface area contributed by atoms with Gasteiger partial charge >= 0.3 is 0 Å². The van der Waals surface area contributed by atoms with Gasteiger partial charge in [0.25, 0.3) is 5.89 Å². The summed E-state index contributed by atoms with van der Waals surface area (Å²) in [6.07, 6.45) is 0. The number of para-hydroxylation sites is 1. The lowest BCUT2D eigenvalue weighted by Crippen LogP contribution is -1.99. The molecule has 0 spiro atoms. The van der Waals surface area contributed by atoms with E-state index in [-0.39, 0.29) is 22.2 Å².